The largest absolute Gasteiger partial charge is 0.309 e. The number of hydrogen-bond donors (Lipinski definition) is 0. The third kappa shape index (κ3) is 3.65. The maximum atomic E-state index is 3.73. The molecule has 0 bridgehead atoms. The van der Waals surface area contributed by atoms with Crippen LogP contribution in [0.25, 0.3) is 69.9 Å². The fourth-order valence-corrected chi connectivity index (χ4v) is 7.50. The molecular formula is C36H22BrNS. The predicted octanol–water partition coefficient (Wildman–Crippen LogP) is 11.2. The predicted molar refractivity (Wildman–Crippen MR) is 172 cm³/mol. The summed E-state index contributed by atoms with van der Waals surface area (Å²) in [6.07, 6.45) is 0. The Labute approximate surface area is 238 Å². The van der Waals surface area contributed by atoms with Crippen molar-refractivity contribution in [3.05, 3.63) is 138 Å². The van der Waals surface area contributed by atoms with Gasteiger partial charge in [0, 0.05) is 41.1 Å². The second kappa shape index (κ2) is 8.94. The van der Waals surface area contributed by atoms with Crippen LogP contribution in [-0.4, -0.2) is 4.57 Å². The molecule has 0 atom stereocenters. The number of hydrogen-bond acceptors (Lipinski definition) is 1. The van der Waals surface area contributed by atoms with E-state index in [1.54, 1.807) is 0 Å². The minimum Gasteiger partial charge on any atom is -0.309 e. The summed E-state index contributed by atoms with van der Waals surface area (Å²) in [5, 5.41) is 5.20. The molecule has 0 aliphatic carbocycles. The van der Waals surface area contributed by atoms with Crippen LogP contribution < -0.4 is 0 Å². The van der Waals surface area contributed by atoms with E-state index in [1.807, 2.05) is 11.3 Å². The normalized spacial score (nSPS) is 11.7. The Morgan fingerprint density at radius 1 is 0.462 bits per heavy atom. The maximum absolute atomic E-state index is 3.73. The molecule has 0 spiro atoms. The molecule has 0 fully saturated rings. The average molecular weight is 581 g/mol. The Kier molecular flexibility index (Phi) is 5.22. The molecule has 2 heterocycles. The third-order valence-corrected chi connectivity index (χ3v) is 9.50. The summed E-state index contributed by atoms with van der Waals surface area (Å²) in [5.74, 6) is 0. The Balaban J connectivity index is 1.35. The number of para-hydroxylation sites is 1. The van der Waals surface area contributed by atoms with E-state index in [-0.39, 0.29) is 0 Å². The Bertz CT molecular complexity index is 2200. The van der Waals surface area contributed by atoms with Gasteiger partial charge in [-0.05, 0) is 64.7 Å². The molecule has 0 aliphatic rings. The van der Waals surface area contributed by atoms with Gasteiger partial charge in [0.05, 0.1) is 11.0 Å². The van der Waals surface area contributed by atoms with Crippen molar-refractivity contribution < 1.29 is 0 Å². The smallest absolute Gasteiger partial charge is 0.0547 e. The van der Waals surface area contributed by atoms with Crippen LogP contribution in [0.3, 0.4) is 0 Å². The minimum atomic E-state index is 1.11. The first-order valence-electron chi connectivity index (χ1n) is 13.0. The third-order valence-electron chi connectivity index (χ3n) is 7.68. The quantitative estimate of drug-likeness (QED) is 0.196. The Morgan fingerprint density at radius 2 is 1.15 bits per heavy atom. The molecular weight excluding hydrogens is 558 g/mol. The van der Waals surface area contributed by atoms with E-state index in [2.05, 4.69) is 154 Å². The number of fused-ring (bicyclic) bond motifs is 6. The van der Waals surface area contributed by atoms with Gasteiger partial charge in [-0.3, -0.25) is 0 Å². The van der Waals surface area contributed by atoms with Crippen LogP contribution in [0.2, 0.25) is 0 Å². The van der Waals surface area contributed by atoms with E-state index in [0.717, 1.165) is 4.47 Å². The highest BCUT2D eigenvalue weighted by molar-refractivity contribution is 9.10. The zero-order chi connectivity index (χ0) is 25.9. The van der Waals surface area contributed by atoms with Crippen molar-refractivity contribution in [3.8, 4) is 27.9 Å². The Morgan fingerprint density at radius 3 is 2.08 bits per heavy atom. The van der Waals surface area contributed by atoms with E-state index in [9.17, 15) is 0 Å². The van der Waals surface area contributed by atoms with Gasteiger partial charge < -0.3 is 4.57 Å². The standard InChI is InChI=1S/C36H22BrNS/c37-32-13-4-1-10-27(32)25-9-7-8-23(20-25)24-16-18-29-28-11-2-5-14-33(28)38(34(29)21-24)26-17-19-31-30-12-3-6-15-35(30)39-36(31)22-26/h1-22H. The first-order chi connectivity index (χ1) is 19.2. The highest BCUT2D eigenvalue weighted by Gasteiger charge is 2.15. The molecule has 0 N–H and O–H groups in total. The van der Waals surface area contributed by atoms with Crippen LogP contribution in [0.4, 0.5) is 0 Å². The average Bonchev–Trinajstić information content (AvgIpc) is 3.52. The highest BCUT2D eigenvalue weighted by atomic mass is 79.9. The van der Waals surface area contributed by atoms with E-state index >= 15 is 0 Å². The van der Waals surface area contributed by atoms with Crippen LogP contribution in [0.1, 0.15) is 0 Å². The molecule has 3 heteroatoms. The minimum absolute atomic E-state index is 1.11. The first-order valence-corrected chi connectivity index (χ1v) is 14.7. The van der Waals surface area contributed by atoms with E-state index < -0.39 is 0 Å². The maximum Gasteiger partial charge on any atom is 0.0547 e. The van der Waals surface area contributed by atoms with Crippen LogP contribution in [0.15, 0.2) is 138 Å². The highest BCUT2D eigenvalue weighted by Crippen LogP contribution is 2.39. The summed E-state index contributed by atoms with van der Waals surface area (Å²) >= 11 is 5.59. The van der Waals surface area contributed by atoms with Gasteiger partial charge in [0.2, 0.25) is 0 Å². The van der Waals surface area contributed by atoms with E-state index in [4.69, 9.17) is 0 Å². The molecule has 0 aliphatic heterocycles. The second-order valence-electron chi connectivity index (χ2n) is 9.92. The van der Waals surface area contributed by atoms with Gasteiger partial charge in [0.25, 0.3) is 0 Å². The number of aromatic nitrogens is 1. The van der Waals surface area contributed by atoms with Gasteiger partial charge in [0.15, 0.2) is 0 Å². The number of thiophene rings is 1. The van der Waals surface area contributed by atoms with E-state index in [0.29, 0.717) is 0 Å². The van der Waals surface area contributed by atoms with Crippen LogP contribution in [-0.2, 0) is 0 Å². The lowest BCUT2D eigenvalue weighted by molar-refractivity contribution is 1.19. The van der Waals surface area contributed by atoms with Crippen molar-refractivity contribution >= 4 is 69.2 Å². The summed E-state index contributed by atoms with van der Waals surface area (Å²) in [6, 6.07) is 48.5. The molecule has 0 amide bonds. The lowest BCUT2D eigenvalue weighted by Crippen LogP contribution is -1.93. The van der Waals surface area contributed by atoms with Gasteiger partial charge >= 0.3 is 0 Å². The van der Waals surface area contributed by atoms with Gasteiger partial charge in [-0.25, -0.2) is 0 Å². The van der Waals surface area contributed by atoms with Crippen molar-refractivity contribution in [1.82, 2.24) is 4.57 Å². The molecule has 8 aromatic rings. The lowest BCUT2D eigenvalue weighted by atomic mass is 9.98. The molecule has 1 nitrogen and oxygen atoms in total. The Hall–Kier alpha value is -4.18. The summed E-state index contributed by atoms with van der Waals surface area (Å²) in [4.78, 5) is 0. The zero-order valence-corrected chi connectivity index (χ0v) is 23.3. The topological polar surface area (TPSA) is 4.93 Å². The van der Waals surface area contributed by atoms with Crippen LogP contribution in [0, 0.1) is 0 Å². The van der Waals surface area contributed by atoms with Crippen LogP contribution >= 0.6 is 27.3 Å². The van der Waals surface area contributed by atoms with Crippen LogP contribution in [0.5, 0.6) is 0 Å². The van der Waals surface area contributed by atoms with Crippen molar-refractivity contribution in [3.63, 3.8) is 0 Å². The molecule has 8 rings (SSSR count). The SMILES string of the molecule is Brc1ccccc1-c1cccc(-c2ccc3c4ccccc4n(-c4ccc5c(c4)sc4ccccc45)c3c2)c1. The van der Waals surface area contributed by atoms with Crippen molar-refractivity contribution in [2.24, 2.45) is 0 Å². The number of nitrogens with zero attached hydrogens (tertiary/aromatic N) is 1. The summed E-state index contributed by atoms with van der Waals surface area (Å²) in [5.41, 5.74) is 8.47. The molecule has 184 valence electrons. The molecule has 39 heavy (non-hydrogen) atoms. The molecule has 0 unspecified atom stereocenters. The molecule has 2 aromatic heterocycles. The van der Waals surface area contributed by atoms with Crippen molar-refractivity contribution in [2.45, 2.75) is 0 Å². The number of benzene rings is 6. The monoisotopic (exact) mass is 579 g/mol. The summed E-state index contributed by atoms with van der Waals surface area (Å²) in [7, 11) is 0. The number of halogens is 1. The summed E-state index contributed by atoms with van der Waals surface area (Å²) in [6.45, 7) is 0. The molecule has 0 radical (unpaired) electrons. The van der Waals surface area contributed by atoms with Crippen molar-refractivity contribution in [1.29, 1.82) is 0 Å². The first kappa shape index (κ1) is 22.8. The molecule has 6 aromatic carbocycles. The second-order valence-corrected chi connectivity index (χ2v) is 11.9. The zero-order valence-electron chi connectivity index (χ0n) is 20.9. The summed E-state index contributed by atoms with van der Waals surface area (Å²) < 4.78 is 6.18. The van der Waals surface area contributed by atoms with E-state index in [1.165, 1.54) is 69.9 Å². The number of rotatable bonds is 3. The van der Waals surface area contributed by atoms with Gasteiger partial charge in [-0.2, -0.15) is 0 Å². The van der Waals surface area contributed by atoms with Gasteiger partial charge in [0.1, 0.15) is 0 Å². The fourth-order valence-electron chi connectivity index (χ4n) is 5.84. The lowest BCUT2D eigenvalue weighted by Gasteiger charge is -2.11. The van der Waals surface area contributed by atoms with Gasteiger partial charge in [-0.15, -0.1) is 11.3 Å². The molecule has 0 saturated heterocycles. The van der Waals surface area contributed by atoms with Gasteiger partial charge in [-0.1, -0.05) is 107 Å². The molecule has 0 saturated carbocycles. The van der Waals surface area contributed by atoms with Crippen molar-refractivity contribution in [2.75, 3.05) is 0 Å². The fraction of sp³-hybridized carbons (Fsp3) is 0.